The number of carbonyl (C=O) groups is 1. The highest BCUT2D eigenvalue weighted by Gasteiger charge is 2.31. The molecule has 0 N–H and O–H groups in total. The van der Waals surface area contributed by atoms with E-state index in [1.54, 1.807) is 0 Å². The van der Waals surface area contributed by atoms with Gasteiger partial charge in [0, 0.05) is 40.6 Å². The minimum absolute atomic E-state index is 0.218. The van der Waals surface area contributed by atoms with E-state index in [9.17, 15) is 4.79 Å². The highest BCUT2D eigenvalue weighted by Crippen LogP contribution is 2.29. The van der Waals surface area contributed by atoms with Gasteiger partial charge in [-0.25, -0.2) is 0 Å². The van der Waals surface area contributed by atoms with Crippen LogP contribution in [0, 0.1) is 24.2 Å². The molecule has 0 amide bonds. The Morgan fingerprint density at radius 3 is 2.59 bits per heavy atom. The van der Waals surface area contributed by atoms with Gasteiger partial charge in [0.2, 0.25) is 0 Å². The van der Waals surface area contributed by atoms with Crippen LogP contribution >= 0.6 is 0 Å². The van der Waals surface area contributed by atoms with E-state index >= 15 is 0 Å². The second-order valence-corrected chi connectivity index (χ2v) is 9.51. The maximum Gasteiger partial charge on any atom is 0.178 e. The van der Waals surface area contributed by atoms with Crippen molar-refractivity contribution in [1.82, 2.24) is 9.47 Å². The van der Waals surface area contributed by atoms with Gasteiger partial charge in [-0.05, 0) is 82.7 Å². The molecule has 2 saturated heterocycles. The monoisotopic (exact) mass is 433 g/mol. The largest absolute Gasteiger partial charge is 0.381 e. The highest BCUT2D eigenvalue weighted by molar-refractivity contribution is 5.99. The molecule has 2 atom stereocenters. The summed E-state index contributed by atoms with van der Waals surface area (Å²) in [6.45, 7) is 8.78. The van der Waals surface area contributed by atoms with Crippen LogP contribution in [0.25, 0.3) is 5.69 Å². The molecule has 5 nitrogen and oxygen atoms in total. The van der Waals surface area contributed by atoms with E-state index in [1.165, 1.54) is 18.5 Å². The second-order valence-electron chi connectivity index (χ2n) is 9.51. The molecule has 0 spiro atoms. The fourth-order valence-electron chi connectivity index (χ4n) is 5.30. The van der Waals surface area contributed by atoms with E-state index in [-0.39, 0.29) is 5.78 Å². The number of nitrogens with zero attached hydrogens (tertiary/aromatic N) is 3. The van der Waals surface area contributed by atoms with Gasteiger partial charge >= 0.3 is 0 Å². The van der Waals surface area contributed by atoms with Crippen molar-refractivity contribution in [1.29, 1.82) is 5.26 Å². The minimum Gasteiger partial charge on any atom is -0.381 e. The Bertz CT molecular complexity index is 982. The molecule has 0 radical (unpaired) electrons. The third-order valence-corrected chi connectivity index (χ3v) is 7.38. The zero-order valence-electron chi connectivity index (χ0n) is 19.6. The Labute approximate surface area is 192 Å². The number of hydrogen-bond acceptors (Lipinski definition) is 4. The molecule has 0 aliphatic carbocycles. The molecule has 32 heavy (non-hydrogen) atoms. The number of Topliss-reactive ketones (excluding diaryl/α,β-unsaturated/α-hetero) is 1. The third-order valence-electron chi connectivity index (χ3n) is 7.38. The molecule has 1 aromatic heterocycles. The number of nitriles is 1. The Morgan fingerprint density at radius 2 is 1.97 bits per heavy atom. The summed E-state index contributed by atoms with van der Waals surface area (Å²) in [4.78, 5) is 15.8. The van der Waals surface area contributed by atoms with Gasteiger partial charge in [0.15, 0.2) is 5.78 Å². The molecule has 4 rings (SSSR count). The van der Waals surface area contributed by atoms with Crippen molar-refractivity contribution in [2.75, 3.05) is 19.8 Å². The van der Waals surface area contributed by atoms with Gasteiger partial charge in [-0.15, -0.1) is 0 Å². The zero-order valence-corrected chi connectivity index (χ0v) is 19.6. The standard InChI is InChI=1S/C27H35N3O2/c1-4-23-11-8-19(2)29(23)16-27(31)26-14-25(7-5-6-22-17-32-18-22)30(20(26)3)24-12-9-21(15-28)10-13-24/h9-10,12-14,19,22-23H,4-8,11,16-18H2,1-3H3. The summed E-state index contributed by atoms with van der Waals surface area (Å²) in [5.74, 6) is 0.897. The van der Waals surface area contributed by atoms with E-state index in [0.717, 1.165) is 55.8 Å². The molecule has 2 aromatic rings. The second kappa shape index (κ2) is 10.0. The average Bonchev–Trinajstić information content (AvgIpc) is 3.29. The number of rotatable bonds is 9. The maximum atomic E-state index is 13.4. The van der Waals surface area contributed by atoms with Crippen molar-refractivity contribution in [3.63, 3.8) is 0 Å². The normalized spacial score (nSPS) is 21.4. The molecule has 2 fully saturated rings. The Morgan fingerprint density at radius 1 is 1.22 bits per heavy atom. The van der Waals surface area contributed by atoms with Gasteiger partial charge in [-0.1, -0.05) is 6.92 Å². The van der Waals surface area contributed by atoms with Gasteiger partial charge in [0.25, 0.3) is 0 Å². The van der Waals surface area contributed by atoms with Crippen LogP contribution in [-0.2, 0) is 11.2 Å². The van der Waals surface area contributed by atoms with Crippen molar-refractivity contribution in [2.45, 2.75) is 71.4 Å². The lowest BCUT2D eigenvalue weighted by atomic mass is 9.99. The van der Waals surface area contributed by atoms with Crippen LogP contribution in [-0.4, -0.2) is 47.1 Å². The fourth-order valence-corrected chi connectivity index (χ4v) is 5.30. The molecule has 170 valence electrons. The van der Waals surface area contributed by atoms with Crippen molar-refractivity contribution in [3.05, 3.63) is 52.8 Å². The summed E-state index contributed by atoms with van der Waals surface area (Å²) in [6.07, 6.45) is 6.63. The van der Waals surface area contributed by atoms with Crippen molar-refractivity contribution in [3.8, 4) is 11.8 Å². The van der Waals surface area contributed by atoms with E-state index in [2.05, 4.69) is 42.4 Å². The third kappa shape index (κ3) is 4.67. The van der Waals surface area contributed by atoms with Crippen LogP contribution in [0.5, 0.6) is 0 Å². The van der Waals surface area contributed by atoms with Crippen molar-refractivity contribution < 1.29 is 9.53 Å². The highest BCUT2D eigenvalue weighted by atomic mass is 16.5. The predicted molar refractivity (Wildman–Crippen MR) is 126 cm³/mol. The molecule has 0 saturated carbocycles. The van der Waals surface area contributed by atoms with Crippen LogP contribution < -0.4 is 0 Å². The molecule has 2 unspecified atom stereocenters. The summed E-state index contributed by atoms with van der Waals surface area (Å²) in [5, 5.41) is 9.16. The van der Waals surface area contributed by atoms with Gasteiger partial charge < -0.3 is 9.30 Å². The first-order chi connectivity index (χ1) is 15.5. The Hall–Kier alpha value is -2.42. The van der Waals surface area contributed by atoms with Crippen LogP contribution in [0.15, 0.2) is 30.3 Å². The molecule has 3 heterocycles. The van der Waals surface area contributed by atoms with Gasteiger partial charge in [0.1, 0.15) is 0 Å². The number of aromatic nitrogens is 1. The molecular formula is C27H35N3O2. The number of ether oxygens (including phenoxy) is 1. The van der Waals surface area contributed by atoms with Gasteiger partial charge in [0.05, 0.1) is 31.4 Å². The number of likely N-dealkylation sites (tertiary alicyclic amines) is 1. The first-order valence-corrected chi connectivity index (χ1v) is 12.1. The van der Waals surface area contributed by atoms with Crippen molar-refractivity contribution in [2.24, 2.45) is 5.92 Å². The average molecular weight is 434 g/mol. The number of ketones is 1. The maximum absolute atomic E-state index is 13.4. The Kier molecular flexibility index (Phi) is 7.13. The number of aryl methyl sites for hydroxylation is 1. The van der Waals surface area contributed by atoms with Crippen molar-refractivity contribution >= 4 is 5.78 Å². The predicted octanol–water partition coefficient (Wildman–Crippen LogP) is 5.07. The fraction of sp³-hybridized carbons (Fsp3) is 0.556. The number of carbonyl (C=O) groups excluding carboxylic acids is 1. The smallest absolute Gasteiger partial charge is 0.178 e. The van der Waals surface area contributed by atoms with Gasteiger partial charge in [-0.3, -0.25) is 9.69 Å². The first-order valence-electron chi connectivity index (χ1n) is 12.1. The molecular weight excluding hydrogens is 398 g/mol. The van der Waals surface area contributed by atoms with Crippen LogP contribution in [0.4, 0.5) is 0 Å². The van der Waals surface area contributed by atoms with E-state index < -0.39 is 0 Å². The summed E-state index contributed by atoms with van der Waals surface area (Å²) in [5.41, 5.74) is 4.68. The van der Waals surface area contributed by atoms with Crippen LogP contribution in [0.1, 0.15) is 73.3 Å². The molecule has 5 heteroatoms. The quantitative estimate of drug-likeness (QED) is 0.518. The minimum atomic E-state index is 0.218. The van der Waals surface area contributed by atoms with E-state index in [1.807, 2.05) is 24.3 Å². The lowest BCUT2D eigenvalue weighted by molar-refractivity contribution is -0.0362. The first kappa shape index (κ1) is 22.8. The van der Waals surface area contributed by atoms with Gasteiger partial charge in [-0.2, -0.15) is 5.26 Å². The summed E-state index contributed by atoms with van der Waals surface area (Å²) in [7, 11) is 0. The summed E-state index contributed by atoms with van der Waals surface area (Å²) in [6, 6.07) is 13.0. The molecule has 2 aliphatic heterocycles. The van der Waals surface area contributed by atoms with E-state index in [4.69, 9.17) is 10.00 Å². The zero-order chi connectivity index (χ0) is 22.7. The SMILES string of the molecule is CCC1CCC(C)N1CC(=O)c1cc(CCCC2COC2)n(-c2ccc(C#N)cc2)c1C. The lowest BCUT2D eigenvalue weighted by Gasteiger charge is -2.26. The lowest BCUT2D eigenvalue weighted by Crippen LogP contribution is -2.38. The van der Waals surface area contributed by atoms with Crippen LogP contribution in [0.2, 0.25) is 0 Å². The number of benzene rings is 1. The van der Waals surface area contributed by atoms with E-state index in [0.29, 0.717) is 30.1 Å². The molecule has 0 bridgehead atoms. The number of hydrogen-bond donors (Lipinski definition) is 0. The summed E-state index contributed by atoms with van der Waals surface area (Å²) >= 11 is 0. The molecule has 2 aliphatic rings. The topological polar surface area (TPSA) is 58.3 Å². The van der Waals surface area contributed by atoms with Crippen LogP contribution in [0.3, 0.4) is 0 Å². The summed E-state index contributed by atoms with van der Waals surface area (Å²) < 4.78 is 7.53. The Balaban J connectivity index is 1.59. The molecule has 1 aromatic carbocycles.